The van der Waals surface area contributed by atoms with Crippen LogP contribution in [0.1, 0.15) is 6.42 Å². The van der Waals surface area contributed by atoms with Crippen LogP contribution in [0.5, 0.6) is 0 Å². The van der Waals surface area contributed by atoms with Crippen LogP contribution >= 0.6 is 10.7 Å². The first-order valence-corrected chi connectivity index (χ1v) is 9.08. The van der Waals surface area contributed by atoms with E-state index in [1.807, 2.05) is 12.1 Å². The Morgan fingerprint density at radius 1 is 1.23 bits per heavy atom. The van der Waals surface area contributed by atoms with Gasteiger partial charge >= 0.3 is 0 Å². The molecular weight excluding hydrogens is 328 g/mol. The van der Waals surface area contributed by atoms with Gasteiger partial charge in [0, 0.05) is 35.3 Å². The van der Waals surface area contributed by atoms with Gasteiger partial charge in [0.25, 0.3) is 0 Å². The van der Waals surface area contributed by atoms with Crippen LogP contribution in [0, 0.1) is 5.92 Å². The summed E-state index contributed by atoms with van der Waals surface area (Å²) in [6.45, 7) is 0.355. The van der Waals surface area contributed by atoms with E-state index in [2.05, 4.69) is 10.1 Å². The normalized spacial score (nSPS) is 18.9. The summed E-state index contributed by atoms with van der Waals surface area (Å²) in [5.41, 5.74) is 1.55. The molecule has 1 saturated heterocycles. The topological polar surface area (TPSA) is 85.2 Å². The third-order valence-electron chi connectivity index (χ3n) is 3.48. The maximum atomic E-state index is 12.0. The molecule has 3 rings (SSSR count). The van der Waals surface area contributed by atoms with Gasteiger partial charge in [0.2, 0.25) is 15.0 Å². The molecule has 22 heavy (non-hydrogen) atoms. The maximum Gasteiger partial charge on any atom is 0.232 e. The second-order valence-corrected chi connectivity index (χ2v) is 7.96. The smallest absolute Gasteiger partial charge is 0.232 e. The molecule has 1 aliphatic heterocycles. The zero-order valence-electron chi connectivity index (χ0n) is 11.5. The Bertz CT molecular complexity index is 774. The predicted molar refractivity (Wildman–Crippen MR) is 81.5 cm³/mol. The number of benzene rings is 1. The van der Waals surface area contributed by atoms with Crippen molar-refractivity contribution in [3.05, 3.63) is 36.9 Å². The molecule has 1 aromatic carbocycles. The lowest BCUT2D eigenvalue weighted by Crippen LogP contribution is -2.25. The molecule has 1 atom stereocenters. The number of anilines is 1. The number of carbonyl (C=O) groups excluding carboxylic acids is 1. The Hall–Kier alpha value is -1.93. The summed E-state index contributed by atoms with van der Waals surface area (Å²) < 4.78 is 23.9. The van der Waals surface area contributed by atoms with Crippen LogP contribution in [0.25, 0.3) is 5.69 Å². The van der Waals surface area contributed by atoms with Crippen LogP contribution in [-0.4, -0.2) is 41.4 Å². The minimum atomic E-state index is -3.60. The first-order valence-electron chi connectivity index (χ1n) is 6.60. The van der Waals surface area contributed by atoms with Crippen LogP contribution in [-0.2, 0) is 13.8 Å². The lowest BCUT2D eigenvalue weighted by molar-refractivity contribution is -0.117. The van der Waals surface area contributed by atoms with Gasteiger partial charge in [0.15, 0.2) is 0 Å². The Kier molecular flexibility index (Phi) is 3.88. The number of amides is 1. The van der Waals surface area contributed by atoms with Gasteiger partial charge in [-0.1, -0.05) is 0 Å². The van der Waals surface area contributed by atoms with E-state index in [-0.39, 0.29) is 24.0 Å². The molecule has 1 unspecified atom stereocenters. The summed E-state index contributed by atoms with van der Waals surface area (Å²) in [5.74, 6) is -0.558. The average Bonchev–Trinajstić information content (AvgIpc) is 3.07. The highest BCUT2D eigenvalue weighted by Gasteiger charge is 2.33. The van der Waals surface area contributed by atoms with Gasteiger partial charge in [-0.3, -0.25) is 4.79 Å². The van der Waals surface area contributed by atoms with Gasteiger partial charge in [-0.2, -0.15) is 5.10 Å². The number of hydrogen-bond acceptors (Lipinski definition) is 5. The second-order valence-electron chi connectivity index (χ2n) is 5.14. The number of hydrogen-bond donors (Lipinski definition) is 0. The number of aromatic nitrogens is 3. The van der Waals surface area contributed by atoms with Crippen LogP contribution in [0.2, 0.25) is 0 Å². The van der Waals surface area contributed by atoms with Crippen molar-refractivity contribution < 1.29 is 13.2 Å². The van der Waals surface area contributed by atoms with Gasteiger partial charge in [-0.15, -0.1) is 0 Å². The molecule has 7 nitrogen and oxygen atoms in total. The average molecular weight is 341 g/mol. The summed E-state index contributed by atoms with van der Waals surface area (Å²) in [7, 11) is 1.66. The van der Waals surface area contributed by atoms with Crippen molar-refractivity contribution in [1.29, 1.82) is 0 Å². The summed E-state index contributed by atoms with van der Waals surface area (Å²) in [6, 6.07) is 7.24. The Balaban J connectivity index is 1.76. The Morgan fingerprint density at radius 2 is 1.91 bits per heavy atom. The van der Waals surface area contributed by atoms with E-state index >= 15 is 0 Å². The van der Waals surface area contributed by atoms with E-state index in [1.54, 1.807) is 28.0 Å². The lowest BCUT2D eigenvalue weighted by Gasteiger charge is -2.17. The molecule has 2 aromatic rings. The second kappa shape index (κ2) is 5.69. The monoisotopic (exact) mass is 340 g/mol. The lowest BCUT2D eigenvalue weighted by atomic mass is 10.1. The van der Waals surface area contributed by atoms with E-state index in [0.29, 0.717) is 6.54 Å². The summed E-state index contributed by atoms with van der Waals surface area (Å²) in [5, 5.41) is 4.02. The Morgan fingerprint density at radius 3 is 2.50 bits per heavy atom. The molecule has 0 bridgehead atoms. The molecule has 1 amide bonds. The van der Waals surface area contributed by atoms with Crippen molar-refractivity contribution in [2.75, 3.05) is 17.2 Å². The van der Waals surface area contributed by atoms with Crippen molar-refractivity contribution in [1.82, 2.24) is 14.8 Å². The van der Waals surface area contributed by atoms with E-state index in [0.717, 1.165) is 11.4 Å². The fraction of sp³-hybridized carbons (Fsp3) is 0.308. The largest absolute Gasteiger partial charge is 0.312 e. The molecule has 2 heterocycles. The fourth-order valence-electron chi connectivity index (χ4n) is 2.55. The van der Waals surface area contributed by atoms with Crippen LogP contribution in [0.3, 0.4) is 0 Å². The predicted octanol–water partition coefficient (Wildman–Crippen LogP) is 1.19. The summed E-state index contributed by atoms with van der Waals surface area (Å²) >= 11 is 0. The van der Waals surface area contributed by atoms with Gasteiger partial charge in [0.1, 0.15) is 12.7 Å². The molecule has 0 aliphatic carbocycles. The third kappa shape index (κ3) is 3.28. The zero-order valence-corrected chi connectivity index (χ0v) is 13.0. The van der Waals surface area contributed by atoms with E-state index in [4.69, 9.17) is 10.7 Å². The highest BCUT2D eigenvalue weighted by atomic mass is 35.7. The number of halogens is 1. The highest BCUT2D eigenvalue weighted by Crippen LogP contribution is 2.27. The first kappa shape index (κ1) is 15.0. The minimum Gasteiger partial charge on any atom is -0.312 e. The highest BCUT2D eigenvalue weighted by molar-refractivity contribution is 8.13. The van der Waals surface area contributed by atoms with E-state index < -0.39 is 9.05 Å². The van der Waals surface area contributed by atoms with Crippen LogP contribution in [0.15, 0.2) is 36.9 Å². The standard InChI is InChI=1S/C13H13ClN4O3S/c14-22(20,21)7-10-5-13(19)17(6-10)11-1-3-12(4-2-11)18-9-15-8-16-18/h1-4,8-10H,5-7H2. The molecule has 1 aromatic heterocycles. The molecule has 116 valence electrons. The first-order chi connectivity index (χ1) is 10.4. The molecule has 0 spiro atoms. The summed E-state index contributed by atoms with van der Waals surface area (Å²) in [6.07, 6.45) is 3.21. The van der Waals surface area contributed by atoms with Crippen LogP contribution in [0.4, 0.5) is 5.69 Å². The van der Waals surface area contributed by atoms with Crippen LogP contribution < -0.4 is 4.90 Å². The number of carbonyl (C=O) groups is 1. The van der Waals surface area contributed by atoms with Crippen molar-refractivity contribution in [2.45, 2.75) is 6.42 Å². The molecule has 9 heteroatoms. The SMILES string of the molecule is O=C1CC(CS(=O)(=O)Cl)CN1c1ccc(-n2cncn2)cc1. The fourth-order valence-corrected chi connectivity index (χ4v) is 3.87. The number of rotatable bonds is 4. The molecular formula is C13H13ClN4O3S. The van der Waals surface area contributed by atoms with Gasteiger partial charge in [-0.25, -0.2) is 18.1 Å². The Labute approximate surface area is 131 Å². The molecule has 0 N–H and O–H groups in total. The zero-order chi connectivity index (χ0) is 15.7. The van der Waals surface area contributed by atoms with Crippen molar-refractivity contribution >= 4 is 31.3 Å². The van der Waals surface area contributed by atoms with E-state index in [1.165, 1.54) is 6.33 Å². The number of nitrogens with zero attached hydrogens (tertiary/aromatic N) is 4. The van der Waals surface area contributed by atoms with Gasteiger partial charge in [0.05, 0.1) is 11.4 Å². The van der Waals surface area contributed by atoms with E-state index in [9.17, 15) is 13.2 Å². The molecule has 0 radical (unpaired) electrons. The van der Waals surface area contributed by atoms with Crippen molar-refractivity contribution in [3.8, 4) is 5.69 Å². The van der Waals surface area contributed by atoms with Gasteiger partial charge in [-0.05, 0) is 24.3 Å². The third-order valence-corrected chi connectivity index (χ3v) is 4.73. The molecule has 0 saturated carbocycles. The molecule has 1 fully saturated rings. The molecule has 1 aliphatic rings. The van der Waals surface area contributed by atoms with Crippen molar-refractivity contribution in [2.24, 2.45) is 5.92 Å². The van der Waals surface area contributed by atoms with Crippen molar-refractivity contribution in [3.63, 3.8) is 0 Å². The van der Waals surface area contributed by atoms with Gasteiger partial charge < -0.3 is 4.90 Å². The summed E-state index contributed by atoms with van der Waals surface area (Å²) in [4.78, 5) is 17.5. The minimum absolute atomic E-state index is 0.0983. The quantitative estimate of drug-likeness (QED) is 0.780. The maximum absolute atomic E-state index is 12.0.